The number of thiophene rings is 1. The molecule has 0 radical (unpaired) electrons. The van der Waals surface area contributed by atoms with Gasteiger partial charge >= 0.3 is 5.97 Å². The molecule has 0 atom stereocenters. The summed E-state index contributed by atoms with van der Waals surface area (Å²) >= 11 is 2.43. The van der Waals surface area contributed by atoms with Crippen molar-refractivity contribution in [1.29, 1.82) is 0 Å². The van der Waals surface area contributed by atoms with Gasteiger partial charge in [-0.05, 0) is 38.1 Å². The van der Waals surface area contributed by atoms with E-state index >= 15 is 0 Å². The Hall–Kier alpha value is -1.93. The van der Waals surface area contributed by atoms with Crippen molar-refractivity contribution in [2.45, 2.75) is 31.0 Å². The lowest BCUT2D eigenvalue weighted by Gasteiger charge is -1.99. The minimum atomic E-state index is -0.950. The number of carboxylic acids is 1. The van der Waals surface area contributed by atoms with Crippen molar-refractivity contribution in [3.8, 4) is 0 Å². The minimum absolute atomic E-state index is 0.284. The average Bonchev–Trinajstić information content (AvgIpc) is 2.92. The SMILES string of the molecule is Cc1nc(Sc2ncnc3sc(C(=O)O)c(C)c23)oc1C. The Bertz CT molecular complexity index is 834. The maximum atomic E-state index is 11.2. The molecule has 0 aliphatic carbocycles. The summed E-state index contributed by atoms with van der Waals surface area (Å²) in [6, 6.07) is 0. The molecule has 0 aromatic carbocycles. The van der Waals surface area contributed by atoms with E-state index in [-0.39, 0.29) is 4.88 Å². The summed E-state index contributed by atoms with van der Waals surface area (Å²) < 4.78 is 5.54. The van der Waals surface area contributed by atoms with Crippen molar-refractivity contribution in [1.82, 2.24) is 15.0 Å². The maximum Gasteiger partial charge on any atom is 0.346 e. The van der Waals surface area contributed by atoms with Crippen LogP contribution in [0.1, 0.15) is 26.7 Å². The van der Waals surface area contributed by atoms with Crippen molar-refractivity contribution in [3.05, 3.63) is 28.2 Å². The number of hydrogen-bond acceptors (Lipinski definition) is 7. The largest absolute Gasteiger partial charge is 0.477 e. The number of carbonyl (C=O) groups is 1. The Morgan fingerprint density at radius 1 is 1.33 bits per heavy atom. The van der Waals surface area contributed by atoms with Crippen LogP contribution in [0.2, 0.25) is 0 Å². The van der Waals surface area contributed by atoms with Gasteiger partial charge < -0.3 is 9.52 Å². The number of fused-ring (bicyclic) bond motifs is 1. The molecule has 0 aliphatic rings. The van der Waals surface area contributed by atoms with Crippen molar-refractivity contribution in [2.75, 3.05) is 0 Å². The van der Waals surface area contributed by atoms with Crippen LogP contribution in [0.5, 0.6) is 0 Å². The summed E-state index contributed by atoms with van der Waals surface area (Å²) in [7, 11) is 0. The normalized spacial score (nSPS) is 11.2. The van der Waals surface area contributed by atoms with Crippen LogP contribution in [0.3, 0.4) is 0 Å². The summed E-state index contributed by atoms with van der Waals surface area (Å²) in [5.74, 6) is -0.190. The molecule has 0 fully saturated rings. The highest BCUT2D eigenvalue weighted by Crippen LogP contribution is 2.37. The Labute approximate surface area is 128 Å². The van der Waals surface area contributed by atoms with Crippen LogP contribution in [0.4, 0.5) is 0 Å². The molecular formula is C13H11N3O3S2. The number of nitrogens with zero attached hydrogens (tertiary/aromatic N) is 3. The van der Waals surface area contributed by atoms with Gasteiger partial charge in [-0.3, -0.25) is 0 Å². The lowest BCUT2D eigenvalue weighted by Crippen LogP contribution is -1.94. The fourth-order valence-electron chi connectivity index (χ4n) is 1.89. The summed E-state index contributed by atoms with van der Waals surface area (Å²) in [4.78, 5) is 24.9. The van der Waals surface area contributed by atoms with Crippen molar-refractivity contribution >= 4 is 39.3 Å². The second-order valence-corrected chi connectivity index (χ2v) is 6.38. The van der Waals surface area contributed by atoms with Crippen LogP contribution in [0.15, 0.2) is 21.0 Å². The number of aromatic carboxylic acids is 1. The molecule has 21 heavy (non-hydrogen) atoms. The second-order valence-electron chi connectivity index (χ2n) is 4.44. The van der Waals surface area contributed by atoms with Gasteiger partial charge in [0.2, 0.25) is 0 Å². The molecule has 3 heterocycles. The molecule has 0 amide bonds. The lowest BCUT2D eigenvalue weighted by atomic mass is 10.2. The van der Waals surface area contributed by atoms with Gasteiger partial charge in [0.05, 0.1) is 5.69 Å². The van der Waals surface area contributed by atoms with Crippen molar-refractivity contribution in [2.24, 2.45) is 0 Å². The summed E-state index contributed by atoms with van der Waals surface area (Å²) in [6.45, 7) is 5.49. The van der Waals surface area contributed by atoms with Crippen LogP contribution in [-0.4, -0.2) is 26.0 Å². The van der Waals surface area contributed by atoms with Gasteiger partial charge in [-0.15, -0.1) is 11.3 Å². The molecule has 0 bridgehead atoms. The molecule has 0 aliphatic heterocycles. The number of aryl methyl sites for hydroxylation is 3. The fraction of sp³-hybridized carbons (Fsp3) is 0.231. The topological polar surface area (TPSA) is 89.1 Å². The third-order valence-electron chi connectivity index (χ3n) is 3.08. The van der Waals surface area contributed by atoms with Crippen molar-refractivity contribution < 1.29 is 14.3 Å². The van der Waals surface area contributed by atoms with E-state index in [1.54, 1.807) is 6.92 Å². The zero-order valence-corrected chi connectivity index (χ0v) is 13.1. The molecule has 0 unspecified atom stereocenters. The van der Waals surface area contributed by atoms with Crippen LogP contribution < -0.4 is 0 Å². The predicted octanol–water partition coefficient (Wildman–Crippen LogP) is 3.45. The lowest BCUT2D eigenvalue weighted by molar-refractivity contribution is 0.0701. The summed E-state index contributed by atoms with van der Waals surface area (Å²) in [5.41, 5.74) is 1.50. The molecule has 3 aromatic rings. The highest BCUT2D eigenvalue weighted by atomic mass is 32.2. The molecule has 8 heteroatoms. The Balaban J connectivity index is 2.12. The Kier molecular flexibility index (Phi) is 3.42. The zero-order chi connectivity index (χ0) is 15.1. The Morgan fingerprint density at radius 3 is 2.71 bits per heavy atom. The first kappa shape index (κ1) is 14.0. The van der Waals surface area contributed by atoms with Crippen LogP contribution in [-0.2, 0) is 0 Å². The van der Waals surface area contributed by atoms with Gasteiger partial charge in [0.1, 0.15) is 26.8 Å². The molecule has 3 aromatic heterocycles. The average molecular weight is 321 g/mol. The predicted molar refractivity (Wildman–Crippen MR) is 79.2 cm³/mol. The number of aromatic nitrogens is 3. The maximum absolute atomic E-state index is 11.2. The van der Waals surface area contributed by atoms with E-state index in [2.05, 4.69) is 15.0 Å². The first-order valence-corrected chi connectivity index (χ1v) is 7.70. The van der Waals surface area contributed by atoms with E-state index in [4.69, 9.17) is 4.42 Å². The first-order valence-electron chi connectivity index (χ1n) is 6.06. The second kappa shape index (κ2) is 5.12. The number of hydrogen-bond donors (Lipinski definition) is 1. The van der Waals surface area contributed by atoms with Crippen molar-refractivity contribution in [3.63, 3.8) is 0 Å². The quantitative estimate of drug-likeness (QED) is 0.739. The highest BCUT2D eigenvalue weighted by Gasteiger charge is 2.20. The molecule has 108 valence electrons. The molecule has 0 saturated heterocycles. The van der Waals surface area contributed by atoms with E-state index in [9.17, 15) is 9.90 Å². The van der Waals surface area contributed by atoms with E-state index in [1.807, 2.05) is 13.8 Å². The standard InChI is InChI=1S/C13H11N3O3S2/c1-5-8-10(20-9(5)12(17)18)14-4-15-11(8)21-13-16-6(2)7(3)19-13/h4H,1-3H3,(H,17,18). The van der Waals surface area contributed by atoms with Gasteiger partial charge in [0.15, 0.2) is 0 Å². The third-order valence-corrected chi connectivity index (χ3v) is 5.12. The van der Waals surface area contributed by atoms with E-state index in [0.717, 1.165) is 28.2 Å². The Morgan fingerprint density at radius 2 is 2.10 bits per heavy atom. The minimum Gasteiger partial charge on any atom is -0.477 e. The number of carboxylic acid groups (broad SMARTS) is 1. The van der Waals surface area contributed by atoms with E-state index in [1.165, 1.54) is 18.1 Å². The molecule has 6 nitrogen and oxygen atoms in total. The smallest absolute Gasteiger partial charge is 0.346 e. The van der Waals surface area contributed by atoms with Crippen LogP contribution in [0.25, 0.3) is 10.2 Å². The summed E-state index contributed by atoms with van der Waals surface area (Å²) in [6.07, 6.45) is 1.43. The number of oxazole rings is 1. The molecule has 0 saturated carbocycles. The van der Waals surface area contributed by atoms with E-state index in [0.29, 0.717) is 20.6 Å². The molecular weight excluding hydrogens is 310 g/mol. The third kappa shape index (κ3) is 2.40. The van der Waals surface area contributed by atoms with Gasteiger partial charge in [-0.2, -0.15) is 0 Å². The van der Waals surface area contributed by atoms with Gasteiger partial charge in [-0.25, -0.2) is 19.7 Å². The van der Waals surface area contributed by atoms with E-state index < -0.39 is 5.97 Å². The molecule has 1 N–H and O–H groups in total. The first-order chi connectivity index (χ1) is 9.97. The fourth-order valence-corrected chi connectivity index (χ4v) is 3.91. The highest BCUT2D eigenvalue weighted by molar-refractivity contribution is 7.99. The summed E-state index contributed by atoms with van der Waals surface area (Å²) in [5, 5.41) is 11.1. The number of rotatable bonds is 3. The zero-order valence-electron chi connectivity index (χ0n) is 11.5. The van der Waals surface area contributed by atoms with Crippen LogP contribution >= 0.6 is 23.1 Å². The van der Waals surface area contributed by atoms with Crippen LogP contribution in [0, 0.1) is 20.8 Å². The monoisotopic (exact) mass is 321 g/mol. The molecule has 0 spiro atoms. The van der Waals surface area contributed by atoms with Gasteiger partial charge in [0.25, 0.3) is 5.22 Å². The van der Waals surface area contributed by atoms with Gasteiger partial charge in [0, 0.05) is 5.39 Å². The molecule has 3 rings (SSSR count). The van der Waals surface area contributed by atoms with Gasteiger partial charge in [-0.1, -0.05) is 0 Å².